The molecule has 2 rings (SSSR count). The van der Waals surface area contributed by atoms with Gasteiger partial charge in [0.2, 0.25) is 10.0 Å². The van der Waals surface area contributed by atoms with E-state index in [1.165, 1.54) is 10.7 Å². The predicted octanol–water partition coefficient (Wildman–Crippen LogP) is 0.971. The molecule has 0 unspecified atom stereocenters. The summed E-state index contributed by atoms with van der Waals surface area (Å²) in [6.45, 7) is 1.70. The normalized spacial score (nSPS) is 11.8. The molecule has 1 aromatic heterocycles. The molecule has 0 aliphatic rings. The van der Waals surface area contributed by atoms with Crippen molar-refractivity contribution in [2.45, 2.75) is 18.2 Å². The average Bonchev–Trinajstić information content (AvgIpc) is 2.66. The molecule has 0 fully saturated rings. The Bertz CT molecular complexity index is 756. The smallest absolute Gasteiger partial charge is 0.246 e. The Labute approximate surface area is 122 Å². The molecule has 6 nitrogen and oxygen atoms in total. The molecule has 0 radical (unpaired) electrons. The van der Waals surface area contributed by atoms with E-state index in [9.17, 15) is 12.8 Å². The fraction of sp³-hybridized carbons (Fsp3) is 0.308. The Balaban J connectivity index is 2.11. The van der Waals surface area contributed by atoms with Crippen LogP contribution in [0.15, 0.2) is 29.2 Å². The second kappa shape index (κ2) is 5.82. The number of anilines is 1. The van der Waals surface area contributed by atoms with Gasteiger partial charge in [0.15, 0.2) is 5.82 Å². The Morgan fingerprint density at radius 1 is 1.38 bits per heavy atom. The van der Waals surface area contributed by atoms with E-state index in [0.717, 1.165) is 0 Å². The van der Waals surface area contributed by atoms with Crippen molar-refractivity contribution in [3.8, 4) is 0 Å². The first-order valence-electron chi connectivity index (χ1n) is 6.35. The van der Waals surface area contributed by atoms with Gasteiger partial charge >= 0.3 is 0 Å². The minimum Gasteiger partial charge on any atom is -0.381 e. The van der Waals surface area contributed by atoms with Crippen LogP contribution >= 0.6 is 0 Å². The van der Waals surface area contributed by atoms with Crippen molar-refractivity contribution in [2.75, 3.05) is 12.3 Å². The summed E-state index contributed by atoms with van der Waals surface area (Å²) in [5, 5.41) is 3.87. The molecule has 0 saturated heterocycles. The number of rotatable bonds is 5. The molecule has 2 aromatic rings. The fourth-order valence-electron chi connectivity index (χ4n) is 2.04. The van der Waals surface area contributed by atoms with Crippen LogP contribution in [0.5, 0.6) is 0 Å². The number of hydrogen-bond acceptors (Lipinski definition) is 4. The molecule has 0 aliphatic carbocycles. The standard InChI is InChI=1S/C13H17FN4O2S/c1-9-12(13(15)17-18(9)2)21(19,20)16-8-7-10-5-3-4-6-11(10)14/h3-6,16H,7-8H2,1-2H3,(H2,15,17). The summed E-state index contributed by atoms with van der Waals surface area (Å²) in [4.78, 5) is -0.0291. The van der Waals surface area contributed by atoms with Gasteiger partial charge in [-0.05, 0) is 25.0 Å². The van der Waals surface area contributed by atoms with Crippen LogP contribution in [0.3, 0.4) is 0 Å². The van der Waals surface area contributed by atoms with Crippen molar-refractivity contribution < 1.29 is 12.8 Å². The Morgan fingerprint density at radius 2 is 2.05 bits per heavy atom. The molecule has 0 amide bonds. The maximum absolute atomic E-state index is 13.5. The van der Waals surface area contributed by atoms with Gasteiger partial charge in [-0.3, -0.25) is 4.68 Å². The molecule has 1 heterocycles. The van der Waals surface area contributed by atoms with Crippen molar-refractivity contribution in [1.29, 1.82) is 0 Å². The number of nitrogens with two attached hydrogens (primary N) is 1. The first kappa shape index (κ1) is 15.5. The van der Waals surface area contributed by atoms with Gasteiger partial charge in [0, 0.05) is 13.6 Å². The van der Waals surface area contributed by atoms with E-state index in [1.54, 1.807) is 32.2 Å². The van der Waals surface area contributed by atoms with Crippen LogP contribution in [0.4, 0.5) is 10.2 Å². The number of aryl methyl sites for hydroxylation is 1. The van der Waals surface area contributed by atoms with Crippen LogP contribution < -0.4 is 10.5 Å². The molecule has 114 valence electrons. The number of aromatic nitrogens is 2. The summed E-state index contributed by atoms with van der Waals surface area (Å²) in [6.07, 6.45) is 0.255. The number of nitrogens with one attached hydrogen (secondary N) is 1. The average molecular weight is 312 g/mol. The Morgan fingerprint density at radius 3 is 2.62 bits per heavy atom. The summed E-state index contributed by atoms with van der Waals surface area (Å²) in [5.41, 5.74) is 6.53. The lowest BCUT2D eigenvalue weighted by atomic mass is 10.1. The molecule has 8 heteroatoms. The van der Waals surface area contributed by atoms with E-state index >= 15 is 0 Å². The molecular formula is C13H17FN4O2S. The number of hydrogen-bond donors (Lipinski definition) is 2. The Kier molecular flexibility index (Phi) is 4.29. The summed E-state index contributed by atoms with van der Waals surface area (Å²) in [6, 6.07) is 6.25. The van der Waals surface area contributed by atoms with Gasteiger partial charge in [-0.2, -0.15) is 5.10 Å². The highest BCUT2D eigenvalue weighted by Crippen LogP contribution is 2.20. The zero-order valence-electron chi connectivity index (χ0n) is 11.8. The van der Waals surface area contributed by atoms with Crippen LogP contribution in [0.2, 0.25) is 0 Å². The zero-order chi connectivity index (χ0) is 15.6. The van der Waals surface area contributed by atoms with Crippen LogP contribution in [0.25, 0.3) is 0 Å². The van der Waals surface area contributed by atoms with Crippen molar-refractivity contribution >= 4 is 15.8 Å². The van der Waals surface area contributed by atoms with Crippen LogP contribution in [-0.2, 0) is 23.5 Å². The third-order valence-electron chi connectivity index (χ3n) is 3.22. The number of halogens is 1. The molecule has 21 heavy (non-hydrogen) atoms. The van der Waals surface area contributed by atoms with E-state index in [1.807, 2.05) is 0 Å². The molecule has 0 saturated carbocycles. The largest absolute Gasteiger partial charge is 0.381 e. The van der Waals surface area contributed by atoms with E-state index in [4.69, 9.17) is 5.73 Å². The van der Waals surface area contributed by atoms with Gasteiger partial charge < -0.3 is 5.73 Å². The van der Waals surface area contributed by atoms with Crippen LogP contribution in [-0.4, -0.2) is 24.7 Å². The zero-order valence-corrected chi connectivity index (χ0v) is 12.6. The molecule has 0 bridgehead atoms. The second-order valence-corrected chi connectivity index (χ2v) is 6.37. The minimum absolute atomic E-state index is 0.0291. The molecule has 0 spiro atoms. The topological polar surface area (TPSA) is 90.0 Å². The maximum Gasteiger partial charge on any atom is 0.246 e. The number of benzene rings is 1. The monoisotopic (exact) mass is 312 g/mol. The number of sulfonamides is 1. The number of nitrogen functional groups attached to an aromatic ring is 1. The van der Waals surface area contributed by atoms with Gasteiger partial charge in [-0.25, -0.2) is 17.5 Å². The number of nitrogens with zero attached hydrogens (tertiary/aromatic N) is 2. The molecular weight excluding hydrogens is 295 g/mol. The van der Waals surface area contributed by atoms with Crippen molar-refractivity contribution in [2.24, 2.45) is 7.05 Å². The van der Waals surface area contributed by atoms with Crippen molar-refractivity contribution in [3.63, 3.8) is 0 Å². The molecule has 0 atom stereocenters. The van der Waals surface area contributed by atoms with Gasteiger partial charge in [0.25, 0.3) is 0 Å². The van der Waals surface area contributed by atoms with E-state index in [-0.39, 0.29) is 29.5 Å². The van der Waals surface area contributed by atoms with Crippen LogP contribution in [0.1, 0.15) is 11.3 Å². The fourth-order valence-corrected chi connectivity index (χ4v) is 3.39. The van der Waals surface area contributed by atoms with Gasteiger partial charge in [0.05, 0.1) is 5.69 Å². The first-order chi connectivity index (χ1) is 9.83. The third kappa shape index (κ3) is 3.22. The lowest BCUT2D eigenvalue weighted by Gasteiger charge is -2.07. The van der Waals surface area contributed by atoms with E-state index < -0.39 is 10.0 Å². The third-order valence-corrected chi connectivity index (χ3v) is 4.84. The lowest BCUT2D eigenvalue weighted by Crippen LogP contribution is -2.27. The van der Waals surface area contributed by atoms with Crippen molar-refractivity contribution in [1.82, 2.24) is 14.5 Å². The summed E-state index contributed by atoms with van der Waals surface area (Å²) < 4.78 is 41.7. The van der Waals surface area contributed by atoms with E-state index in [2.05, 4.69) is 9.82 Å². The molecule has 3 N–H and O–H groups in total. The second-order valence-electron chi connectivity index (χ2n) is 4.66. The van der Waals surface area contributed by atoms with Gasteiger partial charge in [-0.15, -0.1) is 0 Å². The SMILES string of the molecule is Cc1c(S(=O)(=O)NCCc2ccccc2F)c(N)nn1C. The lowest BCUT2D eigenvalue weighted by molar-refractivity contribution is 0.576. The van der Waals surface area contributed by atoms with E-state index in [0.29, 0.717) is 11.3 Å². The highest BCUT2D eigenvalue weighted by Gasteiger charge is 2.24. The summed E-state index contributed by atoms with van der Waals surface area (Å²) in [5.74, 6) is -0.401. The minimum atomic E-state index is -3.76. The molecule has 1 aromatic carbocycles. The highest BCUT2D eigenvalue weighted by atomic mass is 32.2. The van der Waals surface area contributed by atoms with Crippen molar-refractivity contribution in [3.05, 3.63) is 41.3 Å². The van der Waals surface area contributed by atoms with Gasteiger partial charge in [-0.1, -0.05) is 18.2 Å². The Hall–Kier alpha value is -1.93. The van der Waals surface area contributed by atoms with Crippen LogP contribution in [0, 0.1) is 12.7 Å². The predicted molar refractivity (Wildman–Crippen MR) is 77.6 cm³/mol. The van der Waals surface area contributed by atoms with Gasteiger partial charge in [0.1, 0.15) is 10.7 Å². The first-order valence-corrected chi connectivity index (χ1v) is 7.83. The maximum atomic E-state index is 13.5. The highest BCUT2D eigenvalue weighted by molar-refractivity contribution is 7.89. The molecule has 0 aliphatic heterocycles. The quantitative estimate of drug-likeness (QED) is 0.861. The summed E-state index contributed by atoms with van der Waals surface area (Å²) in [7, 11) is -2.15. The summed E-state index contributed by atoms with van der Waals surface area (Å²) >= 11 is 0.